The van der Waals surface area contributed by atoms with Crippen molar-refractivity contribution in [1.29, 1.82) is 5.26 Å². The number of hydrogen-bond acceptors (Lipinski definition) is 9. The fraction of sp³-hybridized carbons (Fsp3) is 0.348. The average molecular weight is 516 g/mol. The molecule has 13 nitrogen and oxygen atoms in total. The number of hydrogen-bond donors (Lipinski definition) is 1. The van der Waals surface area contributed by atoms with Gasteiger partial charge in [-0.15, -0.1) is 0 Å². The average Bonchev–Trinajstić information content (AvgIpc) is 2.91. The van der Waals surface area contributed by atoms with E-state index >= 15 is 0 Å². The van der Waals surface area contributed by atoms with Crippen molar-refractivity contribution >= 4 is 29.5 Å². The van der Waals surface area contributed by atoms with Crippen molar-refractivity contribution in [1.82, 2.24) is 19.9 Å². The van der Waals surface area contributed by atoms with Gasteiger partial charge in [0.05, 0.1) is 37.8 Å². The molecule has 2 aromatic rings. The van der Waals surface area contributed by atoms with Crippen LogP contribution in [-0.2, 0) is 14.3 Å². The minimum Gasteiger partial charge on any atom is -0.763 e. The van der Waals surface area contributed by atoms with Crippen molar-refractivity contribution in [2.75, 3.05) is 14.2 Å². The molecular formula is C23H25N8NaO5. The van der Waals surface area contributed by atoms with Crippen LogP contribution in [0.2, 0.25) is 0 Å². The van der Waals surface area contributed by atoms with Crippen LogP contribution in [0.5, 0.6) is 0 Å². The Morgan fingerprint density at radius 2 is 1.57 bits per heavy atom. The summed E-state index contributed by atoms with van der Waals surface area (Å²) in [5, 5.41) is 24.6. The fourth-order valence-corrected chi connectivity index (χ4v) is 1.48. The van der Waals surface area contributed by atoms with E-state index in [0.717, 1.165) is 0 Å². The summed E-state index contributed by atoms with van der Waals surface area (Å²) in [7, 11) is 3.05. The molecule has 2 heterocycles. The molecule has 0 aliphatic carbocycles. The summed E-state index contributed by atoms with van der Waals surface area (Å²) in [5.74, 6) is 0.936. The van der Waals surface area contributed by atoms with E-state index in [-0.39, 0.29) is 58.9 Å². The molecule has 2 unspecified atom stereocenters. The quantitative estimate of drug-likeness (QED) is 0.185. The van der Waals surface area contributed by atoms with Gasteiger partial charge < -0.3 is 20.0 Å². The van der Waals surface area contributed by atoms with Crippen molar-refractivity contribution in [3.63, 3.8) is 0 Å². The number of aryl methyl sites for hydroxylation is 1. The zero-order chi connectivity index (χ0) is 27.9. The number of nitrogens with zero attached hydrogens (tertiary/aromatic N) is 8. The van der Waals surface area contributed by atoms with Gasteiger partial charge in [-0.3, -0.25) is 20.6 Å². The summed E-state index contributed by atoms with van der Waals surface area (Å²) in [5.41, 5.74) is 0.841. The molecule has 188 valence electrons. The number of carboxylic acids is 1. The third kappa shape index (κ3) is 19.1. The summed E-state index contributed by atoms with van der Waals surface area (Å²) in [4.78, 5) is 40.8. The van der Waals surface area contributed by atoms with Crippen molar-refractivity contribution in [3.8, 4) is 6.07 Å². The maximum atomic E-state index is 10.2. The summed E-state index contributed by atoms with van der Waals surface area (Å²) in [6.45, 7) is 18.4. The van der Waals surface area contributed by atoms with E-state index in [2.05, 4.69) is 29.6 Å². The number of carbonyl (C=O) groups excluding carboxylic acids is 1. The number of ether oxygens (including phenoxy) is 2. The first kappa shape index (κ1) is 37.7. The monoisotopic (exact) mass is 516 g/mol. The molecule has 37 heavy (non-hydrogen) atoms. The van der Waals surface area contributed by atoms with Gasteiger partial charge in [0.25, 0.3) is 0 Å². The van der Waals surface area contributed by atoms with Crippen molar-refractivity contribution in [3.05, 3.63) is 70.3 Å². The van der Waals surface area contributed by atoms with Gasteiger partial charge >= 0.3 is 35.5 Å². The SMILES string of the molecule is COC(C)C(=C=[N-])C=O.COC(C)CC#N.[C-]#[N+]c1cnc(C(=O)O)nc1.[C-]#[N+]c1cnc(C)nc1.[Na+]. The maximum Gasteiger partial charge on any atom is 1.00 e. The molecule has 0 saturated heterocycles. The van der Waals surface area contributed by atoms with Crippen molar-refractivity contribution in [2.24, 2.45) is 0 Å². The van der Waals surface area contributed by atoms with Gasteiger partial charge in [-0.05, 0) is 20.8 Å². The number of carboxylic acid groups (broad SMARTS) is 1. The molecule has 2 atom stereocenters. The molecule has 2 rings (SSSR count). The van der Waals surface area contributed by atoms with E-state index in [4.69, 9.17) is 38.4 Å². The first-order valence-electron chi connectivity index (χ1n) is 9.87. The van der Waals surface area contributed by atoms with Crippen LogP contribution in [0.4, 0.5) is 11.4 Å². The van der Waals surface area contributed by atoms with Crippen LogP contribution < -0.4 is 29.6 Å². The number of nitriles is 1. The van der Waals surface area contributed by atoms with Crippen molar-refractivity contribution < 1.29 is 53.7 Å². The standard InChI is InChI=1S/C6H3N3O2.C6H5N3.C6H8NO2.C5H9NO.Na/c1-7-4-2-8-5(6(10)11)9-3-4;1-5-8-3-6(7-2)4-9-5;1-5(9-2)6(3-7)4-8;1-5(7-2)3-4-6;/h2-3H,(H,10,11);3-4H,1H3;4-5H,1-2H3;5H,3H2,1-2H3;/q;;-1;;+1. The molecule has 0 radical (unpaired) electrons. The maximum absolute atomic E-state index is 10.2. The predicted molar refractivity (Wildman–Crippen MR) is 129 cm³/mol. The van der Waals surface area contributed by atoms with Gasteiger partial charge in [-0.25, -0.2) is 24.5 Å². The topological polar surface area (TPSA) is 179 Å². The van der Waals surface area contributed by atoms with Crippen LogP contribution in [0.15, 0.2) is 30.4 Å². The second-order valence-corrected chi connectivity index (χ2v) is 6.25. The number of aromatic carboxylic acids is 1. The molecule has 0 aliphatic heterocycles. The Morgan fingerprint density at radius 1 is 1.11 bits per heavy atom. The first-order chi connectivity index (χ1) is 17.1. The van der Waals surface area contributed by atoms with E-state index < -0.39 is 5.97 Å². The summed E-state index contributed by atoms with van der Waals surface area (Å²) < 4.78 is 9.47. The molecule has 0 aromatic carbocycles. The van der Waals surface area contributed by atoms with Gasteiger partial charge in [0.15, 0.2) is 6.29 Å². The smallest absolute Gasteiger partial charge is 0.763 e. The minimum absolute atomic E-state index is 0. The Bertz CT molecular complexity index is 1120. The zero-order valence-electron chi connectivity index (χ0n) is 21.4. The van der Waals surface area contributed by atoms with E-state index in [9.17, 15) is 9.59 Å². The molecular weight excluding hydrogens is 491 g/mol. The second kappa shape index (κ2) is 23.9. The van der Waals surface area contributed by atoms with Crippen LogP contribution in [-0.4, -0.2) is 69.6 Å². The molecule has 2 aromatic heterocycles. The van der Waals surface area contributed by atoms with Gasteiger partial charge in [-0.1, -0.05) is 0 Å². The second-order valence-electron chi connectivity index (χ2n) is 6.25. The molecule has 1 N–H and O–H groups in total. The minimum atomic E-state index is -1.19. The molecule has 0 saturated carbocycles. The van der Waals surface area contributed by atoms with Crippen LogP contribution in [0.3, 0.4) is 0 Å². The third-order valence-corrected chi connectivity index (χ3v) is 3.68. The van der Waals surface area contributed by atoms with Gasteiger partial charge in [0.2, 0.25) is 17.2 Å². The van der Waals surface area contributed by atoms with E-state index in [1.54, 1.807) is 26.8 Å². The van der Waals surface area contributed by atoms with Crippen molar-refractivity contribution in [2.45, 2.75) is 39.4 Å². The Morgan fingerprint density at radius 3 is 1.81 bits per heavy atom. The van der Waals surface area contributed by atoms with Crippen LogP contribution in [0, 0.1) is 31.4 Å². The number of aromatic nitrogens is 4. The van der Waals surface area contributed by atoms with Gasteiger partial charge in [0.1, 0.15) is 5.82 Å². The third-order valence-electron chi connectivity index (χ3n) is 3.68. The summed E-state index contributed by atoms with van der Waals surface area (Å²) in [6, 6.07) is 1.99. The molecule has 0 bridgehead atoms. The Balaban J connectivity index is -0.000000418. The number of rotatable bonds is 6. The Labute approximate surface area is 237 Å². The first-order valence-corrected chi connectivity index (χ1v) is 9.87. The van der Waals surface area contributed by atoms with Gasteiger partial charge in [0, 0.05) is 44.6 Å². The molecule has 0 amide bonds. The van der Waals surface area contributed by atoms with Gasteiger partial charge in [-0.2, -0.15) is 5.26 Å². The Kier molecular flexibility index (Phi) is 24.3. The van der Waals surface area contributed by atoms with Crippen LogP contribution in [0.25, 0.3) is 15.1 Å². The molecule has 0 fully saturated rings. The molecule has 0 spiro atoms. The molecule has 0 aliphatic rings. The van der Waals surface area contributed by atoms with E-state index in [1.807, 2.05) is 13.0 Å². The largest absolute Gasteiger partial charge is 1.00 e. The van der Waals surface area contributed by atoms with Crippen LogP contribution in [0.1, 0.15) is 36.7 Å². The van der Waals surface area contributed by atoms with Crippen LogP contribution >= 0.6 is 0 Å². The van der Waals surface area contributed by atoms with E-state index in [1.165, 1.54) is 31.9 Å². The predicted octanol–water partition coefficient (Wildman–Crippen LogP) is 0.386. The summed E-state index contributed by atoms with van der Waals surface area (Å²) >= 11 is 0. The number of methoxy groups -OCH3 is 2. The Hall–Kier alpha value is -3.86. The fourth-order valence-electron chi connectivity index (χ4n) is 1.48. The normalized spacial score (nSPS) is 9.89. The summed E-state index contributed by atoms with van der Waals surface area (Å²) in [6.07, 6.45) is 6.06. The zero-order valence-corrected chi connectivity index (χ0v) is 23.4. The van der Waals surface area contributed by atoms with E-state index in [0.29, 0.717) is 24.2 Å². The number of aldehydes is 1. The molecule has 14 heteroatoms. The number of carbonyl (C=O) groups is 2.